The van der Waals surface area contributed by atoms with Crippen LogP contribution in [0.3, 0.4) is 0 Å². The van der Waals surface area contributed by atoms with Crippen molar-refractivity contribution < 1.29 is 9.59 Å². The van der Waals surface area contributed by atoms with Crippen LogP contribution in [0.15, 0.2) is 95.0 Å². The van der Waals surface area contributed by atoms with Crippen molar-refractivity contribution in [2.75, 3.05) is 18.4 Å². The van der Waals surface area contributed by atoms with E-state index in [2.05, 4.69) is 31.7 Å². The summed E-state index contributed by atoms with van der Waals surface area (Å²) in [5, 5.41) is 7.93. The number of aryl methyl sites for hydroxylation is 1. The SMILES string of the molecule is NC(N)=NCCCn1c(C(=O)NCCc2c[nH]c3ccccc23)cc2cc(NC(=O)[C@H](Cc3ccccc3)N=C(N)N)ccc21. The lowest BCUT2D eigenvalue weighted by Gasteiger charge is -2.14. The Balaban J connectivity index is 1.34. The molecule has 0 aliphatic rings. The molecule has 0 aliphatic heterocycles. The van der Waals surface area contributed by atoms with Crippen LogP contribution in [0.5, 0.6) is 0 Å². The summed E-state index contributed by atoms with van der Waals surface area (Å²) < 4.78 is 1.95. The smallest absolute Gasteiger partial charge is 0.267 e. The standard InChI is InChI=1S/C33H38N10O2/c34-32(35)39-14-6-16-43-28-12-11-24(41-30(44)27(42-33(36)37)17-21-7-2-1-3-8-21)18-23(28)19-29(43)31(45)38-15-13-22-20-40-26-10-5-4-9-25(22)26/h1-5,7-12,18-20,27,40H,6,13-17H2,(H,38,45)(H,41,44)(H4,34,35,39)(H4,36,37,42)/t27-/m0/s1. The van der Waals surface area contributed by atoms with Gasteiger partial charge in [0.1, 0.15) is 11.7 Å². The average molecular weight is 607 g/mol. The van der Waals surface area contributed by atoms with Gasteiger partial charge in [-0.1, -0.05) is 48.5 Å². The number of aliphatic imine (C=N–C) groups is 2. The predicted molar refractivity (Wildman–Crippen MR) is 180 cm³/mol. The van der Waals surface area contributed by atoms with Crippen molar-refractivity contribution in [3.63, 3.8) is 0 Å². The lowest BCUT2D eigenvalue weighted by atomic mass is 10.1. The van der Waals surface area contributed by atoms with Gasteiger partial charge in [0.25, 0.3) is 5.91 Å². The molecule has 2 amide bonds. The Kier molecular flexibility index (Phi) is 9.63. The van der Waals surface area contributed by atoms with Gasteiger partial charge >= 0.3 is 0 Å². The fraction of sp³-hybridized carbons (Fsp3) is 0.212. The molecule has 0 saturated heterocycles. The van der Waals surface area contributed by atoms with Crippen molar-refractivity contribution in [1.82, 2.24) is 14.9 Å². The minimum atomic E-state index is -0.813. The fourth-order valence-corrected chi connectivity index (χ4v) is 5.39. The van der Waals surface area contributed by atoms with Crippen LogP contribution >= 0.6 is 0 Å². The van der Waals surface area contributed by atoms with Crippen LogP contribution in [0.4, 0.5) is 5.69 Å². The van der Waals surface area contributed by atoms with E-state index < -0.39 is 6.04 Å². The minimum absolute atomic E-state index is 0.0225. The summed E-state index contributed by atoms with van der Waals surface area (Å²) in [6, 6.07) is 24.1. The first-order chi connectivity index (χ1) is 21.8. The number of para-hydroxylation sites is 1. The lowest BCUT2D eigenvalue weighted by Crippen LogP contribution is -2.33. The fourth-order valence-electron chi connectivity index (χ4n) is 5.39. The Labute approximate surface area is 260 Å². The molecule has 0 radical (unpaired) electrons. The number of aromatic nitrogens is 2. The van der Waals surface area contributed by atoms with Crippen LogP contribution in [0.1, 0.15) is 28.0 Å². The molecule has 5 aromatic rings. The molecule has 0 aliphatic carbocycles. The van der Waals surface area contributed by atoms with E-state index >= 15 is 0 Å². The molecule has 0 bridgehead atoms. The molecule has 0 spiro atoms. The van der Waals surface area contributed by atoms with Crippen molar-refractivity contribution in [2.24, 2.45) is 32.9 Å². The van der Waals surface area contributed by atoms with E-state index in [4.69, 9.17) is 22.9 Å². The molecule has 2 heterocycles. The van der Waals surface area contributed by atoms with Gasteiger partial charge in [-0.15, -0.1) is 0 Å². The van der Waals surface area contributed by atoms with Crippen LogP contribution in [0.2, 0.25) is 0 Å². The summed E-state index contributed by atoms with van der Waals surface area (Å²) in [7, 11) is 0. The number of nitrogens with two attached hydrogens (primary N) is 4. The third-order valence-corrected chi connectivity index (χ3v) is 7.47. The average Bonchev–Trinajstić information content (AvgIpc) is 3.60. The second-order valence-corrected chi connectivity index (χ2v) is 10.7. The summed E-state index contributed by atoms with van der Waals surface area (Å²) in [4.78, 5) is 38.3. The Hall–Kier alpha value is -5.78. The van der Waals surface area contributed by atoms with Crippen LogP contribution in [-0.2, 0) is 24.2 Å². The predicted octanol–water partition coefficient (Wildman–Crippen LogP) is 2.58. The summed E-state index contributed by atoms with van der Waals surface area (Å²) in [5.41, 5.74) is 27.3. The second-order valence-electron chi connectivity index (χ2n) is 10.7. The molecule has 45 heavy (non-hydrogen) atoms. The van der Waals surface area contributed by atoms with Gasteiger partial charge < -0.3 is 43.1 Å². The quantitative estimate of drug-likeness (QED) is 0.0608. The molecule has 0 unspecified atom stereocenters. The molecule has 1 atom stereocenters. The number of rotatable bonds is 13. The number of amides is 2. The van der Waals surface area contributed by atoms with E-state index in [0.29, 0.717) is 50.3 Å². The highest BCUT2D eigenvalue weighted by Crippen LogP contribution is 2.25. The highest BCUT2D eigenvalue weighted by molar-refractivity contribution is 6.01. The topological polar surface area (TPSA) is 208 Å². The van der Waals surface area contributed by atoms with Crippen LogP contribution in [-0.4, -0.2) is 52.4 Å². The van der Waals surface area contributed by atoms with Gasteiger partial charge in [-0.25, -0.2) is 4.99 Å². The Morgan fingerprint density at radius 3 is 2.47 bits per heavy atom. The summed E-state index contributed by atoms with van der Waals surface area (Å²) in [6.07, 6.45) is 3.61. The van der Waals surface area contributed by atoms with E-state index in [1.165, 1.54) is 0 Å². The Bertz CT molecular complexity index is 1850. The van der Waals surface area contributed by atoms with Crippen LogP contribution in [0, 0.1) is 0 Å². The molecule has 2 aromatic heterocycles. The molecular weight excluding hydrogens is 568 g/mol. The molecule has 12 nitrogen and oxygen atoms in total. The number of fused-ring (bicyclic) bond motifs is 2. The molecule has 5 rings (SSSR count). The highest BCUT2D eigenvalue weighted by Gasteiger charge is 2.20. The number of carbonyl (C=O) groups excluding carboxylic acids is 2. The zero-order chi connectivity index (χ0) is 31.8. The number of nitrogens with zero attached hydrogens (tertiary/aromatic N) is 3. The number of aromatic amines is 1. The molecule has 232 valence electrons. The molecule has 11 N–H and O–H groups in total. The van der Waals surface area contributed by atoms with Gasteiger partial charge in [0.15, 0.2) is 11.9 Å². The molecule has 0 fully saturated rings. The van der Waals surface area contributed by atoms with E-state index in [0.717, 1.165) is 32.9 Å². The summed E-state index contributed by atoms with van der Waals surface area (Å²) in [6.45, 7) is 1.40. The molecule has 0 saturated carbocycles. The second kappa shape index (κ2) is 14.1. The molecule has 12 heteroatoms. The third kappa shape index (κ3) is 7.79. The van der Waals surface area contributed by atoms with Gasteiger partial charge in [-0.3, -0.25) is 14.6 Å². The third-order valence-electron chi connectivity index (χ3n) is 7.47. The first kappa shape index (κ1) is 30.7. The number of guanidine groups is 2. The van der Waals surface area contributed by atoms with Crippen molar-refractivity contribution in [1.29, 1.82) is 0 Å². The van der Waals surface area contributed by atoms with Gasteiger partial charge in [0.05, 0.1) is 0 Å². The highest BCUT2D eigenvalue weighted by atomic mass is 16.2. The van der Waals surface area contributed by atoms with Crippen molar-refractivity contribution in [3.05, 3.63) is 102 Å². The summed E-state index contributed by atoms with van der Waals surface area (Å²) in [5.74, 6) is -0.693. The zero-order valence-electron chi connectivity index (χ0n) is 24.9. The minimum Gasteiger partial charge on any atom is -0.370 e. The van der Waals surface area contributed by atoms with Gasteiger partial charge in [0.2, 0.25) is 5.91 Å². The Morgan fingerprint density at radius 2 is 1.69 bits per heavy atom. The van der Waals surface area contributed by atoms with E-state index in [9.17, 15) is 9.59 Å². The zero-order valence-corrected chi connectivity index (χ0v) is 24.9. The first-order valence-corrected chi connectivity index (χ1v) is 14.7. The van der Waals surface area contributed by atoms with Crippen LogP contribution in [0.25, 0.3) is 21.8 Å². The van der Waals surface area contributed by atoms with E-state index in [1.54, 1.807) is 6.07 Å². The lowest BCUT2D eigenvalue weighted by molar-refractivity contribution is -0.117. The van der Waals surface area contributed by atoms with Crippen LogP contribution < -0.4 is 33.6 Å². The van der Waals surface area contributed by atoms with Gasteiger partial charge in [-0.05, 0) is 54.3 Å². The Morgan fingerprint density at radius 1 is 0.911 bits per heavy atom. The monoisotopic (exact) mass is 606 g/mol. The summed E-state index contributed by atoms with van der Waals surface area (Å²) >= 11 is 0. The van der Waals surface area contributed by atoms with Crippen molar-refractivity contribution in [3.8, 4) is 0 Å². The van der Waals surface area contributed by atoms with Crippen molar-refractivity contribution >= 4 is 51.2 Å². The largest absolute Gasteiger partial charge is 0.370 e. The number of carbonyl (C=O) groups is 2. The number of benzene rings is 3. The van der Waals surface area contributed by atoms with E-state index in [-0.39, 0.29) is 23.7 Å². The first-order valence-electron chi connectivity index (χ1n) is 14.7. The number of hydrogen-bond acceptors (Lipinski definition) is 4. The number of hydrogen-bond donors (Lipinski definition) is 7. The van der Waals surface area contributed by atoms with E-state index in [1.807, 2.05) is 77.5 Å². The van der Waals surface area contributed by atoms with Gasteiger partial charge in [0, 0.05) is 59.7 Å². The number of anilines is 1. The molecular formula is C33H38N10O2. The maximum atomic E-state index is 13.5. The molecule has 3 aromatic carbocycles. The maximum absolute atomic E-state index is 13.5. The van der Waals surface area contributed by atoms with Gasteiger partial charge in [-0.2, -0.15) is 0 Å². The normalized spacial score (nSPS) is 11.6. The number of H-pyrrole nitrogens is 1. The number of nitrogens with one attached hydrogen (secondary N) is 3. The maximum Gasteiger partial charge on any atom is 0.267 e. The van der Waals surface area contributed by atoms with Crippen molar-refractivity contribution in [2.45, 2.75) is 31.8 Å².